The van der Waals surface area contributed by atoms with Crippen LogP contribution in [-0.2, 0) is 0 Å². The van der Waals surface area contributed by atoms with Gasteiger partial charge >= 0.3 is 0 Å². The summed E-state index contributed by atoms with van der Waals surface area (Å²) < 4.78 is 5.41. The van der Waals surface area contributed by atoms with Crippen LogP contribution in [0.15, 0.2) is 170 Å². The second kappa shape index (κ2) is 14.5. The zero-order valence-electron chi connectivity index (χ0n) is 27.5. The lowest BCUT2D eigenvalue weighted by atomic mass is 10.0. The van der Waals surface area contributed by atoms with Gasteiger partial charge in [-0.1, -0.05) is 117 Å². The minimum absolute atomic E-state index is 0.848. The molecule has 7 aromatic rings. The number of hydrogen-bond donors (Lipinski definition) is 0. The molecule has 0 saturated heterocycles. The largest absolute Gasteiger partial charge is 0.497 e. The van der Waals surface area contributed by atoms with Gasteiger partial charge in [0, 0.05) is 41.6 Å². The van der Waals surface area contributed by atoms with E-state index in [0.29, 0.717) is 0 Å². The monoisotopic (exact) mass is 612 g/mol. The fraction of sp³-hybridized carbons (Fsp3) is 0.0909. The Labute approximate surface area is 278 Å². The second-order valence-electron chi connectivity index (χ2n) is 11.1. The summed E-state index contributed by atoms with van der Waals surface area (Å²) in [7, 11) is 3.77. The van der Waals surface area contributed by atoms with Gasteiger partial charge in [-0.15, -0.1) is 0 Å². The Morgan fingerprint density at radius 3 is 1.45 bits per heavy atom. The zero-order chi connectivity index (χ0) is 32.6. The number of ether oxygens (including phenoxy) is 1. The first-order chi connectivity index (χ1) is 23.2. The highest BCUT2D eigenvalue weighted by Gasteiger charge is 2.14. The standard InChI is InChI=1S/C42H34N2O.C2H6/c1-43(40-13-8-14-42(30-40)45-2)37-22-15-34(16-23-37)35-19-26-39(27-20-35)44(41-28-21-32-11-6-7-12-36(32)29-41)38-24-17-33(18-25-38)31-9-4-3-5-10-31;1-2/h3-30H,1-2H3;1-2H3. The molecule has 0 spiro atoms. The third kappa shape index (κ3) is 6.90. The maximum Gasteiger partial charge on any atom is 0.120 e. The minimum Gasteiger partial charge on any atom is -0.497 e. The first-order valence-electron chi connectivity index (χ1n) is 16.2. The van der Waals surface area contributed by atoms with Crippen LogP contribution in [0.25, 0.3) is 33.0 Å². The molecule has 0 fully saturated rings. The van der Waals surface area contributed by atoms with E-state index in [1.165, 1.54) is 33.0 Å². The number of benzene rings is 7. The zero-order valence-corrected chi connectivity index (χ0v) is 27.5. The van der Waals surface area contributed by atoms with Crippen molar-refractivity contribution in [2.24, 2.45) is 0 Å². The molecule has 0 aromatic heterocycles. The highest BCUT2D eigenvalue weighted by molar-refractivity contribution is 5.89. The van der Waals surface area contributed by atoms with E-state index in [1.54, 1.807) is 7.11 Å². The summed E-state index contributed by atoms with van der Waals surface area (Å²) in [6.45, 7) is 4.00. The molecule has 0 aliphatic heterocycles. The van der Waals surface area contributed by atoms with Crippen LogP contribution in [0.2, 0.25) is 0 Å². The Kier molecular flexibility index (Phi) is 9.64. The SMILES string of the molecule is CC.COc1cccc(N(C)c2ccc(-c3ccc(N(c4ccc(-c5ccccc5)cc4)c4ccc5ccccc5c4)cc3)cc2)c1. The molecule has 7 aromatic carbocycles. The second-order valence-corrected chi connectivity index (χ2v) is 11.1. The molecule has 0 heterocycles. The van der Waals surface area contributed by atoms with Crippen molar-refractivity contribution in [3.63, 3.8) is 0 Å². The summed E-state index contributed by atoms with van der Waals surface area (Å²) in [5.41, 5.74) is 10.3. The molecule has 0 bridgehead atoms. The summed E-state index contributed by atoms with van der Waals surface area (Å²) in [6, 6.07) is 60.2. The van der Waals surface area contributed by atoms with Crippen molar-refractivity contribution in [3.05, 3.63) is 170 Å². The molecular formula is C44H40N2O. The molecule has 0 saturated carbocycles. The van der Waals surface area contributed by atoms with Crippen LogP contribution < -0.4 is 14.5 Å². The highest BCUT2D eigenvalue weighted by Crippen LogP contribution is 2.38. The van der Waals surface area contributed by atoms with Crippen LogP contribution in [0.1, 0.15) is 13.8 Å². The third-order valence-corrected chi connectivity index (χ3v) is 8.38. The molecule has 0 aliphatic rings. The number of anilines is 5. The maximum absolute atomic E-state index is 5.41. The molecule has 3 nitrogen and oxygen atoms in total. The minimum atomic E-state index is 0.848. The molecule has 47 heavy (non-hydrogen) atoms. The molecule has 0 atom stereocenters. The smallest absolute Gasteiger partial charge is 0.120 e. The van der Waals surface area contributed by atoms with E-state index in [4.69, 9.17) is 4.74 Å². The van der Waals surface area contributed by atoms with Gasteiger partial charge in [0.15, 0.2) is 0 Å². The van der Waals surface area contributed by atoms with E-state index in [1.807, 2.05) is 32.0 Å². The quantitative estimate of drug-likeness (QED) is 0.170. The Hall–Kier alpha value is -5.80. The van der Waals surface area contributed by atoms with Crippen LogP contribution in [0, 0.1) is 0 Å². The van der Waals surface area contributed by atoms with Gasteiger partial charge in [-0.05, 0) is 93.7 Å². The lowest BCUT2D eigenvalue weighted by molar-refractivity contribution is 0.415. The molecule has 0 aliphatic carbocycles. The van der Waals surface area contributed by atoms with E-state index < -0.39 is 0 Å². The normalized spacial score (nSPS) is 10.6. The molecular weight excluding hydrogens is 572 g/mol. The topological polar surface area (TPSA) is 15.7 Å². The number of nitrogens with zero attached hydrogens (tertiary/aromatic N) is 2. The lowest BCUT2D eigenvalue weighted by Gasteiger charge is -2.26. The average Bonchev–Trinajstić information content (AvgIpc) is 3.16. The first kappa shape index (κ1) is 31.2. The molecule has 0 N–H and O–H groups in total. The van der Waals surface area contributed by atoms with E-state index in [0.717, 1.165) is 34.2 Å². The Morgan fingerprint density at radius 2 is 0.872 bits per heavy atom. The van der Waals surface area contributed by atoms with Gasteiger partial charge in [0.2, 0.25) is 0 Å². The summed E-state index contributed by atoms with van der Waals surface area (Å²) in [5.74, 6) is 0.848. The van der Waals surface area contributed by atoms with Crippen molar-refractivity contribution in [1.82, 2.24) is 0 Å². The molecule has 0 amide bonds. The van der Waals surface area contributed by atoms with Crippen molar-refractivity contribution in [2.75, 3.05) is 24.0 Å². The van der Waals surface area contributed by atoms with Gasteiger partial charge in [-0.2, -0.15) is 0 Å². The van der Waals surface area contributed by atoms with Crippen molar-refractivity contribution >= 4 is 39.2 Å². The van der Waals surface area contributed by atoms with E-state index in [-0.39, 0.29) is 0 Å². The van der Waals surface area contributed by atoms with Crippen LogP contribution in [0.4, 0.5) is 28.4 Å². The third-order valence-electron chi connectivity index (χ3n) is 8.38. The summed E-state index contributed by atoms with van der Waals surface area (Å²) >= 11 is 0. The maximum atomic E-state index is 5.41. The van der Waals surface area contributed by atoms with Gasteiger partial charge in [0.1, 0.15) is 5.75 Å². The summed E-state index contributed by atoms with van der Waals surface area (Å²) in [5, 5.41) is 2.45. The van der Waals surface area contributed by atoms with Gasteiger partial charge in [0.05, 0.1) is 7.11 Å². The summed E-state index contributed by atoms with van der Waals surface area (Å²) in [4.78, 5) is 4.50. The van der Waals surface area contributed by atoms with E-state index in [2.05, 4.69) is 169 Å². The lowest BCUT2D eigenvalue weighted by Crippen LogP contribution is -2.10. The van der Waals surface area contributed by atoms with Gasteiger partial charge in [-0.25, -0.2) is 0 Å². The molecule has 7 rings (SSSR count). The Bertz CT molecular complexity index is 2030. The van der Waals surface area contributed by atoms with E-state index >= 15 is 0 Å². The van der Waals surface area contributed by atoms with Gasteiger partial charge in [-0.3, -0.25) is 0 Å². The van der Waals surface area contributed by atoms with Crippen molar-refractivity contribution in [1.29, 1.82) is 0 Å². The Balaban J connectivity index is 0.00000190. The van der Waals surface area contributed by atoms with Crippen molar-refractivity contribution in [3.8, 4) is 28.0 Å². The first-order valence-corrected chi connectivity index (χ1v) is 16.2. The van der Waals surface area contributed by atoms with Crippen LogP contribution in [-0.4, -0.2) is 14.2 Å². The fourth-order valence-electron chi connectivity index (χ4n) is 5.85. The Morgan fingerprint density at radius 1 is 0.383 bits per heavy atom. The van der Waals surface area contributed by atoms with Crippen molar-refractivity contribution in [2.45, 2.75) is 13.8 Å². The predicted molar refractivity (Wildman–Crippen MR) is 202 cm³/mol. The summed E-state index contributed by atoms with van der Waals surface area (Å²) in [6.07, 6.45) is 0. The number of fused-ring (bicyclic) bond motifs is 1. The molecule has 0 unspecified atom stereocenters. The van der Waals surface area contributed by atoms with Crippen molar-refractivity contribution < 1.29 is 4.74 Å². The number of hydrogen-bond acceptors (Lipinski definition) is 3. The average molecular weight is 613 g/mol. The molecule has 0 radical (unpaired) electrons. The number of methoxy groups -OCH3 is 1. The molecule has 3 heteroatoms. The van der Waals surface area contributed by atoms with Crippen LogP contribution in [0.5, 0.6) is 5.75 Å². The number of rotatable bonds is 8. The fourth-order valence-corrected chi connectivity index (χ4v) is 5.85. The van der Waals surface area contributed by atoms with E-state index in [9.17, 15) is 0 Å². The predicted octanol–water partition coefficient (Wildman–Crippen LogP) is 12.4. The van der Waals surface area contributed by atoms with Crippen LogP contribution >= 0.6 is 0 Å². The van der Waals surface area contributed by atoms with Crippen LogP contribution in [0.3, 0.4) is 0 Å². The molecule has 232 valence electrons. The van der Waals surface area contributed by atoms with Gasteiger partial charge < -0.3 is 14.5 Å². The van der Waals surface area contributed by atoms with Gasteiger partial charge in [0.25, 0.3) is 0 Å². The highest BCUT2D eigenvalue weighted by atomic mass is 16.5.